The third-order valence-electron chi connectivity index (χ3n) is 3.75. The Kier molecular flexibility index (Phi) is 2.75. The number of rotatable bonds is 3. The van der Waals surface area contributed by atoms with E-state index in [2.05, 4.69) is 17.2 Å². The molecule has 3 rings (SSSR count). The lowest BCUT2D eigenvalue weighted by molar-refractivity contribution is 0.467. The van der Waals surface area contributed by atoms with Gasteiger partial charge in [0.25, 0.3) is 6.01 Å². The summed E-state index contributed by atoms with van der Waals surface area (Å²) < 4.78 is 5.68. The van der Waals surface area contributed by atoms with Crippen LogP contribution in [-0.4, -0.2) is 11.0 Å². The molecule has 1 saturated carbocycles. The maximum Gasteiger partial charge on any atom is 0.295 e. The van der Waals surface area contributed by atoms with Gasteiger partial charge in [-0.15, -0.1) is 0 Å². The van der Waals surface area contributed by atoms with E-state index in [1.54, 1.807) is 0 Å². The first-order chi connectivity index (χ1) is 8.33. The first-order valence-electron chi connectivity index (χ1n) is 6.45. The van der Waals surface area contributed by atoms with Gasteiger partial charge < -0.3 is 9.73 Å². The van der Waals surface area contributed by atoms with E-state index >= 15 is 0 Å². The van der Waals surface area contributed by atoms with Crippen molar-refractivity contribution in [3.8, 4) is 0 Å². The molecule has 1 N–H and O–H groups in total. The summed E-state index contributed by atoms with van der Waals surface area (Å²) in [5.41, 5.74) is 1.78. The minimum absolute atomic E-state index is 0.450. The van der Waals surface area contributed by atoms with Gasteiger partial charge in [-0.1, -0.05) is 25.0 Å². The molecule has 0 bridgehead atoms. The molecular formula is C14H18N2O. The zero-order valence-electron chi connectivity index (χ0n) is 10.1. The summed E-state index contributed by atoms with van der Waals surface area (Å²) in [6, 6.07) is 8.99. The number of aromatic nitrogens is 1. The van der Waals surface area contributed by atoms with Gasteiger partial charge in [0.1, 0.15) is 5.52 Å². The summed E-state index contributed by atoms with van der Waals surface area (Å²) in [5.74, 6) is 0.769. The Balaban J connectivity index is 1.75. The first kappa shape index (κ1) is 10.6. The highest BCUT2D eigenvalue weighted by molar-refractivity contribution is 5.74. The third kappa shape index (κ3) is 2.14. The predicted molar refractivity (Wildman–Crippen MR) is 69.1 cm³/mol. The van der Waals surface area contributed by atoms with Crippen LogP contribution in [0.4, 0.5) is 6.01 Å². The van der Waals surface area contributed by atoms with Crippen LogP contribution in [0.5, 0.6) is 0 Å². The van der Waals surface area contributed by atoms with E-state index < -0.39 is 0 Å². The van der Waals surface area contributed by atoms with Gasteiger partial charge in [0.05, 0.1) is 0 Å². The van der Waals surface area contributed by atoms with Crippen molar-refractivity contribution in [1.82, 2.24) is 4.98 Å². The van der Waals surface area contributed by atoms with Crippen LogP contribution in [0.3, 0.4) is 0 Å². The van der Waals surface area contributed by atoms with Crippen LogP contribution >= 0.6 is 0 Å². The third-order valence-corrected chi connectivity index (χ3v) is 3.75. The maximum absolute atomic E-state index is 5.68. The summed E-state index contributed by atoms with van der Waals surface area (Å²) in [7, 11) is 0. The number of nitrogens with one attached hydrogen (secondary N) is 1. The minimum atomic E-state index is 0.450. The first-order valence-corrected chi connectivity index (χ1v) is 6.45. The molecule has 17 heavy (non-hydrogen) atoms. The predicted octanol–water partition coefficient (Wildman–Crippen LogP) is 3.82. The molecule has 3 nitrogen and oxygen atoms in total. The molecule has 1 unspecified atom stereocenters. The molecule has 0 amide bonds. The average Bonchev–Trinajstić information content (AvgIpc) is 2.97. The molecule has 1 heterocycles. The van der Waals surface area contributed by atoms with Crippen molar-refractivity contribution in [2.75, 3.05) is 5.32 Å². The average molecular weight is 230 g/mol. The minimum Gasteiger partial charge on any atom is -0.424 e. The van der Waals surface area contributed by atoms with Gasteiger partial charge in [0, 0.05) is 6.04 Å². The zero-order valence-corrected chi connectivity index (χ0v) is 10.1. The molecular weight excluding hydrogens is 212 g/mol. The van der Waals surface area contributed by atoms with Crippen LogP contribution in [0.1, 0.15) is 32.6 Å². The molecule has 90 valence electrons. The fourth-order valence-corrected chi connectivity index (χ4v) is 2.70. The summed E-state index contributed by atoms with van der Waals surface area (Å²) in [6.45, 7) is 2.23. The van der Waals surface area contributed by atoms with E-state index in [1.165, 1.54) is 25.7 Å². The second-order valence-corrected chi connectivity index (χ2v) is 4.96. The molecule has 1 aliphatic carbocycles. The van der Waals surface area contributed by atoms with E-state index in [0.717, 1.165) is 17.0 Å². The molecule has 0 radical (unpaired) electrons. The molecule has 0 spiro atoms. The fraction of sp³-hybridized carbons (Fsp3) is 0.500. The van der Waals surface area contributed by atoms with Gasteiger partial charge in [0.2, 0.25) is 0 Å². The van der Waals surface area contributed by atoms with Crippen molar-refractivity contribution in [2.24, 2.45) is 5.92 Å². The lowest BCUT2D eigenvalue weighted by atomic mass is 10.0. The molecule has 1 fully saturated rings. The smallest absolute Gasteiger partial charge is 0.295 e. The Hall–Kier alpha value is -1.51. The Morgan fingerprint density at radius 3 is 2.82 bits per heavy atom. The number of fused-ring (bicyclic) bond motifs is 1. The molecule has 0 aliphatic heterocycles. The number of para-hydroxylation sites is 2. The molecule has 3 heteroatoms. The molecule has 2 aromatic rings. The fourth-order valence-electron chi connectivity index (χ4n) is 2.70. The molecule has 0 saturated heterocycles. The Bertz CT molecular complexity index is 467. The number of hydrogen-bond acceptors (Lipinski definition) is 3. The monoisotopic (exact) mass is 230 g/mol. The molecule has 1 atom stereocenters. The summed E-state index contributed by atoms with van der Waals surface area (Å²) in [4.78, 5) is 4.45. The van der Waals surface area contributed by atoms with Gasteiger partial charge >= 0.3 is 0 Å². The van der Waals surface area contributed by atoms with Crippen LogP contribution in [0.25, 0.3) is 11.1 Å². The van der Waals surface area contributed by atoms with Gasteiger partial charge in [0.15, 0.2) is 5.58 Å². The van der Waals surface area contributed by atoms with E-state index in [-0.39, 0.29) is 0 Å². The van der Waals surface area contributed by atoms with Crippen LogP contribution in [0, 0.1) is 5.92 Å². The van der Waals surface area contributed by atoms with Crippen LogP contribution in [0.2, 0.25) is 0 Å². The highest BCUT2D eigenvalue weighted by Gasteiger charge is 2.22. The van der Waals surface area contributed by atoms with E-state index in [9.17, 15) is 0 Å². The van der Waals surface area contributed by atoms with Crippen LogP contribution < -0.4 is 5.32 Å². The van der Waals surface area contributed by atoms with Crippen molar-refractivity contribution < 1.29 is 4.42 Å². The number of nitrogens with zero attached hydrogens (tertiary/aromatic N) is 1. The lowest BCUT2D eigenvalue weighted by Gasteiger charge is -2.18. The lowest BCUT2D eigenvalue weighted by Crippen LogP contribution is -2.23. The van der Waals surface area contributed by atoms with Crippen molar-refractivity contribution in [2.45, 2.75) is 38.6 Å². The van der Waals surface area contributed by atoms with Crippen LogP contribution in [0.15, 0.2) is 28.7 Å². The molecule has 1 aliphatic rings. The second-order valence-electron chi connectivity index (χ2n) is 4.96. The van der Waals surface area contributed by atoms with E-state index in [4.69, 9.17) is 4.42 Å². The Labute approximate surface area is 101 Å². The van der Waals surface area contributed by atoms with Gasteiger partial charge in [-0.2, -0.15) is 4.98 Å². The highest BCUT2D eigenvalue weighted by atomic mass is 16.4. The highest BCUT2D eigenvalue weighted by Crippen LogP contribution is 2.29. The van der Waals surface area contributed by atoms with Crippen molar-refractivity contribution in [1.29, 1.82) is 0 Å². The SMILES string of the molecule is CC(Nc1nc2ccccc2o1)C1CCCC1. The molecule has 1 aromatic heterocycles. The zero-order chi connectivity index (χ0) is 11.7. The largest absolute Gasteiger partial charge is 0.424 e. The quantitative estimate of drug-likeness (QED) is 0.871. The van der Waals surface area contributed by atoms with Gasteiger partial charge in [-0.3, -0.25) is 0 Å². The standard InChI is InChI=1S/C14H18N2O/c1-10(11-6-2-3-7-11)15-14-16-12-8-4-5-9-13(12)17-14/h4-5,8-11H,2-3,6-7H2,1H3,(H,15,16). The van der Waals surface area contributed by atoms with Crippen molar-refractivity contribution in [3.05, 3.63) is 24.3 Å². The topological polar surface area (TPSA) is 38.1 Å². The number of oxazole rings is 1. The van der Waals surface area contributed by atoms with Crippen molar-refractivity contribution in [3.63, 3.8) is 0 Å². The number of hydrogen-bond donors (Lipinski definition) is 1. The summed E-state index contributed by atoms with van der Waals surface area (Å²) in [6.07, 6.45) is 5.39. The maximum atomic E-state index is 5.68. The van der Waals surface area contributed by atoms with E-state index in [0.29, 0.717) is 12.1 Å². The normalized spacial score (nSPS) is 18.6. The number of anilines is 1. The van der Waals surface area contributed by atoms with Crippen molar-refractivity contribution >= 4 is 17.1 Å². The number of benzene rings is 1. The second kappa shape index (κ2) is 4.40. The summed E-state index contributed by atoms with van der Waals surface area (Å²) >= 11 is 0. The van der Waals surface area contributed by atoms with E-state index in [1.807, 2.05) is 24.3 Å². The molecule has 1 aromatic carbocycles. The van der Waals surface area contributed by atoms with Crippen LogP contribution in [-0.2, 0) is 0 Å². The Morgan fingerprint density at radius 1 is 1.29 bits per heavy atom. The van der Waals surface area contributed by atoms with Gasteiger partial charge in [-0.25, -0.2) is 0 Å². The summed E-state index contributed by atoms with van der Waals surface area (Å²) in [5, 5.41) is 3.40. The Morgan fingerprint density at radius 2 is 2.06 bits per heavy atom. The van der Waals surface area contributed by atoms with Gasteiger partial charge in [-0.05, 0) is 37.8 Å².